The third-order valence-corrected chi connectivity index (χ3v) is 3.92. The third-order valence-electron chi connectivity index (χ3n) is 3.92. The molecule has 102 valence electrons. The predicted molar refractivity (Wildman–Crippen MR) is 73.2 cm³/mol. The minimum Gasteiger partial charge on any atom is -0.395 e. The molecule has 0 saturated heterocycles. The fourth-order valence-electron chi connectivity index (χ4n) is 2.88. The molecule has 1 aliphatic carbocycles. The fourth-order valence-corrected chi connectivity index (χ4v) is 2.88. The van der Waals surface area contributed by atoms with Crippen LogP contribution in [0.5, 0.6) is 0 Å². The molecule has 0 aromatic carbocycles. The highest BCUT2D eigenvalue weighted by Gasteiger charge is 2.25. The molecule has 0 radical (unpaired) electrons. The second-order valence-corrected chi connectivity index (χ2v) is 5.22. The Hall–Kier alpha value is -0.120. The van der Waals surface area contributed by atoms with Crippen molar-refractivity contribution in [2.75, 3.05) is 32.8 Å². The molecular weight excluding hydrogens is 212 g/mol. The van der Waals surface area contributed by atoms with Crippen molar-refractivity contribution in [1.29, 1.82) is 0 Å². The van der Waals surface area contributed by atoms with Crippen molar-refractivity contribution in [2.45, 2.75) is 52.0 Å². The number of nitrogens with one attached hydrogen (secondary N) is 1. The topological polar surface area (TPSA) is 35.5 Å². The van der Waals surface area contributed by atoms with E-state index in [1.165, 1.54) is 32.1 Å². The van der Waals surface area contributed by atoms with Gasteiger partial charge in [0.25, 0.3) is 0 Å². The van der Waals surface area contributed by atoms with E-state index in [4.69, 9.17) is 5.11 Å². The van der Waals surface area contributed by atoms with Gasteiger partial charge in [0, 0.05) is 19.1 Å². The van der Waals surface area contributed by atoms with Gasteiger partial charge in [-0.15, -0.1) is 0 Å². The minimum absolute atomic E-state index is 0.285. The van der Waals surface area contributed by atoms with E-state index in [9.17, 15) is 0 Å². The van der Waals surface area contributed by atoms with Gasteiger partial charge in [-0.05, 0) is 38.3 Å². The molecule has 1 aliphatic rings. The molecule has 1 rings (SSSR count). The van der Waals surface area contributed by atoms with E-state index in [1.54, 1.807) is 0 Å². The van der Waals surface area contributed by atoms with Gasteiger partial charge in [0.05, 0.1) is 6.61 Å². The second-order valence-electron chi connectivity index (χ2n) is 5.22. The average molecular weight is 242 g/mol. The zero-order valence-corrected chi connectivity index (χ0v) is 11.6. The quantitative estimate of drug-likeness (QED) is 0.682. The monoisotopic (exact) mass is 242 g/mol. The normalized spacial score (nSPS) is 25.4. The van der Waals surface area contributed by atoms with E-state index in [2.05, 4.69) is 24.1 Å². The average Bonchev–Trinajstić information content (AvgIpc) is 2.37. The zero-order valence-electron chi connectivity index (χ0n) is 11.6. The van der Waals surface area contributed by atoms with Crippen LogP contribution in [0.2, 0.25) is 0 Å². The Labute approximate surface area is 107 Å². The molecular formula is C14H30N2O. The summed E-state index contributed by atoms with van der Waals surface area (Å²) >= 11 is 0. The smallest absolute Gasteiger partial charge is 0.0558 e. The summed E-state index contributed by atoms with van der Waals surface area (Å²) in [5.74, 6) is 0.779. The first kappa shape index (κ1) is 14.9. The molecule has 2 unspecified atom stereocenters. The van der Waals surface area contributed by atoms with Gasteiger partial charge in [0.1, 0.15) is 0 Å². The highest BCUT2D eigenvalue weighted by molar-refractivity contribution is 4.83. The van der Waals surface area contributed by atoms with Gasteiger partial charge in [0.15, 0.2) is 0 Å². The largest absolute Gasteiger partial charge is 0.395 e. The Morgan fingerprint density at radius 2 is 2.00 bits per heavy atom. The van der Waals surface area contributed by atoms with Crippen LogP contribution in [0, 0.1) is 5.92 Å². The van der Waals surface area contributed by atoms with Gasteiger partial charge in [0.2, 0.25) is 0 Å². The maximum atomic E-state index is 9.05. The Bertz CT molecular complexity index is 187. The molecule has 0 spiro atoms. The zero-order chi connectivity index (χ0) is 12.5. The van der Waals surface area contributed by atoms with Gasteiger partial charge in [-0.3, -0.25) is 0 Å². The van der Waals surface area contributed by atoms with Crippen molar-refractivity contribution >= 4 is 0 Å². The van der Waals surface area contributed by atoms with E-state index in [0.29, 0.717) is 6.04 Å². The SMILES string of the molecule is CCCNC1CCCCC1CN(CC)CCO. The third kappa shape index (κ3) is 5.36. The molecule has 0 aromatic heterocycles. The van der Waals surface area contributed by atoms with Crippen LogP contribution in [0.1, 0.15) is 46.0 Å². The van der Waals surface area contributed by atoms with Gasteiger partial charge in [-0.2, -0.15) is 0 Å². The summed E-state index contributed by atoms with van der Waals surface area (Å²) in [6.45, 7) is 8.88. The summed E-state index contributed by atoms with van der Waals surface area (Å²) in [7, 11) is 0. The van der Waals surface area contributed by atoms with Crippen molar-refractivity contribution in [2.24, 2.45) is 5.92 Å². The first-order valence-electron chi connectivity index (χ1n) is 7.38. The van der Waals surface area contributed by atoms with Gasteiger partial charge in [-0.25, -0.2) is 0 Å². The minimum atomic E-state index is 0.285. The lowest BCUT2D eigenvalue weighted by Crippen LogP contribution is -2.45. The summed E-state index contributed by atoms with van der Waals surface area (Å²) < 4.78 is 0. The van der Waals surface area contributed by atoms with Crippen LogP contribution in [0.15, 0.2) is 0 Å². The number of aliphatic hydroxyl groups is 1. The standard InChI is InChI=1S/C14H30N2O/c1-3-9-15-14-8-6-5-7-13(14)12-16(4-2)10-11-17/h13-15,17H,3-12H2,1-2H3. The Morgan fingerprint density at radius 1 is 1.24 bits per heavy atom. The van der Waals surface area contributed by atoms with Crippen molar-refractivity contribution < 1.29 is 5.11 Å². The molecule has 2 atom stereocenters. The summed E-state index contributed by atoms with van der Waals surface area (Å²) in [5.41, 5.74) is 0. The number of hydrogen-bond acceptors (Lipinski definition) is 3. The Morgan fingerprint density at radius 3 is 2.65 bits per heavy atom. The number of hydrogen-bond donors (Lipinski definition) is 2. The summed E-state index contributed by atoms with van der Waals surface area (Å²) in [4.78, 5) is 2.39. The Kier molecular flexibility index (Phi) is 7.82. The van der Waals surface area contributed by atoms with Crippen LogP contribution in [0.25, 0.3) is 0 Å². The van der Waals surface area contributed by atoms with Gasteiger partial charge < -0.3 is 15.3 Å². The second kappa shape index (κ2) is 8.90. The van der Waals surface area contributed by atoms with E-state index < -0.39 is 0 Å². The lowest BCUT2D eigenvalue weighted by atomic mass is 9.84. The number of likely N-dealkylation sites (N-methyl/N-ethyl adjacent to an activating group) is 1. The van der Waals surface area contributed by atoms with Crippen molar-refractivity contribution in [1.82, 2.24) is 10.2 Å². The van der Waals surface area contributed by atoms with Crippen LogP contribution in [0.3, 0.4) is 0 Å². The van der Waals surface area contributed by atoms with Crippen LogP contribution in [-0.2, 0) is 0 Å². The van der Waals surface area contributed by atoms with E-state index in [-0.39, 0.29) is 6.61 Å². The van der Waals surface area contributed by atoms with Crippen LogP contribution < -0.4 is 5.32 Å². The van der Waals surface area contributed by atoms with Gasteiger partial charge >= 0.3 is 0 Å². The van der Waals surface area contributed by atoms with Crippen molar-refractivity contribution in [3.8, 4) is 0 Å². The first-order valence-corrected chi connectivity index (χ1v) is 7.38. The van der Waals surface area contributed by atoms with Crippen molar-refractivity contribution in [3.05, 3.63) is 0 Å². The molecule has 1 fully saturated rings. The maximum Gasteiger partial charge on any atom is 0.0558 e. The van der Waals surface area contributed by atoms with Crippen LogP contribution in [0.4, 0.5) is 0 Å². The summed E-state index contributed by atoms with van der Waals surface area (Å²) in [6.07, 6.45) is 6.66. The molecule has 0 bridgehead atoms. The Balaban J connectivity index is 2.40. The number of aliphatic hydroxyl groups excluding tert-OH is 1. The van der Waals surface area contributed by atoms with E-state index in [1.807, 2.05) is 0 Å². The molecule has 3 heteroatoms. The fraction of sp³-hybridized carbons (Fsp3) is 1.00. The highest BCUT2D eigenvalue weighted by Crippen LogP contribution is 2.25. The van der Waals surface area contributed by atoms with Gasteiger partial charge in [-0.1, -0.05) is 26.7 Å². The summed E-state index contributed by atoms with van der Waals surface area (Å²) in [6, 6.07) is 0.705. The molecule has 0 aromatic rings. The lowest BCUT2D eigenvalue weighted by Gasteiger charge is -2.35. The number of rotatable bonds is 8. The molecule has 0 amide bonds. The molecule has 3 nitrogen and oxygen atoms in total. The van der Waals surface area contributed by atoms with Crippen LogP contribution >= 0.6 is 0 Å². The maximum absolute atomic E-state index is 9.05. The molecule has 0 aliphatic heterocycles. The van der Waals surface area contributed by atoms with E-state index >= 15 is 0 Å². The van der Waals surface area contributed by atoms with E-state index in [0.717, 1.165) is 32.1 Å². The number of nitrogens with zero attached hydrogens (tertiary/aromatic N) is 1. The first-order chi connectivity index (χ1) is 8.31. The van der Waals surface area contributed by atoms with Crippen LogP contribution in [-0.4, -0.2) is 48.8 Å². The molecule has 17 heavy (non-hydrogen) atoms. The molecule has 1 saturated carbocycles. The molecule has 2 N–H and O–H groups in total. The molecule has 0 heterocycles. The summed E-state index contributed by atoms with van der Waals surface area (Å²) in [5, 5.41) is 12.8. The lowest BCUT2D eigenvalue weighted by molar-refractivity contribution is 0.146. The van der Waals surface area contributed by atoms with Crippen molar-refractivity contribution in [3.63, 3.8) is 0 Å². The highest BCUT2D eigenvalue weighted by atomic mass is 16.3. The predicted octanol–water partition coefficient (Wildman–Crippen LogP) is 1.86.